The number of carbonyl (C=O) groups is 1. The Morgan fingerprint density at radius 3 is 2.59 bits per heavy atom. The number of halogens is 2. The minimum Gasteiger partial charge on any atom is -0.495 e. The number of hydrogen-bond acceptors (Lipinski definition) is 3. The minimum absolute atomic E-state index is 0.0142. The molecule has 4 nitrogen and oxygen atoms in total. The zero-order valence-electron chi connectivity index (χ0n) is 16.9. The molecule has 0 aliphatic carbocycles. The van der Waals surface area contributed by atoms with Crippen molar-refractivity contribution < 1.29 is 13.9 Å². The first-order valence-corrected chi connectivity index (χ1v) is 10.1. The van der Waals surface area contributed by atoms with Crippen LogP contribution in [0.5, 0.6) is 5.75 Å². The van der Waals surface area contributed by atoms with Gasteiger partial charge in [0.05, 0.1) is 12.1 Å². The molecule has 3 rings (SSSR count). The van der Waals surface area contributed by atoms with Crippen molar-refractivity contribution in [3.8, 4) is 5.75 Å². The third-order valence-electron chi connectivity index (χ3n) is 5.29. The monoisotopic (exact) mass is 416 g/mol. The molecular weight excluding hydrogens is 391 g/mol. The Kier molecular flexibility index (Phi) is 6.93. The molecule has 1 heterocycles. The van der Waals surface area contributed by atoms with Crippen LogP contribution in [0.4, 0.5) is 4.39 Å². The molecule has 0 aromatic heterocycles. The highest BCUT2D eigenvalue weighted by atomic mass is 35.5. The summed E-state index contributed by atoms with van der Waals surface area (Å²) in [6, 6.07) is 12.3. The normalized spacial score (nSPS) is 20.2. The van der Waals surface area contributed by atoms with E-state index in [2.05, 4.69) is 18.7 Å². The van der Waals surface area contributed by atoms with Crippen molar-refractivity contribution in [2.24, 2.45) is 0 Å². The van der Waals surface area contributed by atoms with Crippen molar-refractivity contribution in [3.05, 3.63) is 70.5 Å². The molecule has 0 radical (unpaired) electrons. The number of benzene rings is 2. The number of rotatable bonds is 5. The fraction of sp³-hybridized carbons (Fsp3) is 0.348. The van der Waals surface area contributed by atoms with Gasteiger partial charge in [0, 0.05) is 37.8 Å². The molecule has 1 saturated heterocycles. The smallest absolute Gasteiger partial charge is 0.246 e. The van der Waals surface area contributed by atoms with Crippen LogP contribution in [0.25, 0.3) is 6.08 Å². The summed E-state index contributed by atoms with van der Waals surface area (Å²) in [5.74, 6) is 0.341. The molecule has 0 unspecified atom stereocenters. The molecule has 1 amide bonds. The van der Waals surface area contributed by atoms with Gasteiger partial charge in [0.2, 0.25) is 5.91 Å². The van der Waals surface area contributed by atoms with E-state index in [0.717, 1.165) is 24.2 Å². The Balaban J connectivity index is 1.63. The van der Waals surface area contributed by atoms with Crippen LogP contribution in [0.15, 0.2) is 48.5 Å². The van der Waals surface area contributed by atoms with Crippen LogP contribution >= 0.6 is 11.6 Å². The van der Waals surface area contributed by atoms with Gasteiger partial charge in [-0.25, -0.2) is 4.39 Å². The summed E-state index contributed by atoms with van der Waals surface area (Å²) in [5.41, 5.74) is 1.93. The Bertz CT molecular complexity index is 885. The Morgan fingerprint density at radius 1 is 1.17 bits per heavy atom. The van der Waals surface area contributed by atoms with E-state index >= 15 is 0 Å². The molecule has 6 heteroatoms. The summed E-state index contributed by atoms with van der Waals surface area (Å²) >= 11 is 6.05. The second-order valence-corrected chi connectivity index (χ2v) is 7.88. The number of piperazine rings is 1. The first-order chi connectivity index (χ1) is 13.9. The van der Waals surface area contributed by atoms with Crippen molar-refractivity contribution in [1.29, 1.82) is 0 Å². The van der Waals surface area contributed by atoms with Crippen LogP contribution in [0.1, 0.15) is 25.0 Å². The molecule has 1 fully saturated rings. The maximum Gasteiger partial charge on any atom is 0.246 e. The lowest BCUT2D eigenvalue weighted by atomic mass is 10.1. The highest BCUT2D eigenvalue weighted by Gasteiger charge is 2.30. The molecule has 2 aromatic carbocycles. The van der Waals surface area contributed by atoms with Crippen molar-refractivity contribution >= 4 is 23.6 Å². The van der Waals surface area contributed by atoms with E-state index in [4.69, 9.17) is 16.3 Å². The van der Waals surface area contributed by atoms with Gasteiger partial charge in [-0.05, 0) is 55.3 Å². The fourth-order valence-electron chi connectivity index (χ4n) is 3.59. The number of hydrogen-bond donors (Lipinski definition) is 0. The predicted octanol–water partition coefficient (Wildman–Crippen LogP) is 4.62. The summed E-state index contributed by atoms with van der Waals surface area (Å²) in [6.45, 7) is 6.33. The molecule has 154 valence electrons. The van der Waals surface area contributed by atoms with Gasteiger partial charge in [-0.3, -0.25) is 9.69 Å². The lowest BCUT2D eigenvalue weighted by Gasteiger charge is -2.44. The molecule has 29 heavy (non-hydrogen) atoms. The van der Waals surface area contributed by atoms with Crippen LogP contribution < -0.4 is 4.74 Å². The quantitative estimate of drug-likeness (QED) is 0.666. The number of nitrogens with zero attached hydrogens (tertiary/aromatic N) is 2. The highest BCUT2D eigenvalue weighted by molar-refractivity contribution is 6.32. The van der Waals surface area contributed by atoms with Crippen molar-refractivity contribution in [1.82, 2.24) is 9.80 Å². The Hall–Kier alpha value is -2.37. The van der Waals surface area contributed by atoms with Gasteiger partial charge in [-0.2, -0.15) is 0 Å². The van der Waals surface area contributed by atoms with Gasteiger partial charge >= 0.3 is 0 Å². The van der Waals surface area contributed by atoms with Gasteiger partial charge in [-0.15, -0.1) is 0 Å². The molecular formula is C23H26ClFN2O2. The standard InChI is InChI=1S/C23H26ClFN2O2/c1-16-14-27(17(2)13-26(16)15-19-4-8-20(25)9-5-19)23(28)11-7-18-6-10-21(24)22(12-18)29-3/h4-12,16-17H,13-15H2,1-3H3/t16-,17+/m0/s1. The molecule has 1 aliphatic rings. The average Bonchev–Trinajstić information content (AvgIpc) is 2.71. The van der Waals surface area contributed by atoms with E-state index in [9.17, 15) is 9.18 Å². The van der Waals surface area contributed by atoms with Gasteiger partial charge in [0.1, 0.15) is 11.6 Å². The third kappa shape index (κ3) is 5.37. The zero-order valence-corrected chi connectivity index (χ0v) is 17.7. The molecule has 2 atom stereocenters. The van der Waals surface area contributed by atoms with Gasteiger partial charge in [0.25, 0.3) is 0 Å². The summed E-state index contributed by atoms with van der Waals surface area (Å²) in [7, 11) is 1.56. The van der Waals surface area contributed by atoms with E-state index in [1.54, 1.807) is 31.4 Å². The lowest BCUT2D eigenvalue weighted by Crippen LogP contribution is -2.57. The summed E-state index contributed by atoms with van der Waals surface area (Å²) < 4.78 is 18.3. The van der Waals surface area contributed by atoms with Crippen LogP contribution in [0.2, 0.25) is 5.02 Å². The fourth-order valence-corrected chi connectivity index (χ4v) is 3.79. The number of amides is 1. The summed E-state index contributed by atoms with van der Waals surface area (Å²) in [5, 5.41) is 0.538. The maximum atomic E-state index is 13.1. The SMILES string of the molecule is COc1cc(C=CC(=O)N2C[C@H](C)N(Cc3ccc(F)cc3)C[C@H]2C)ccc1Cl. The van der Waals surface area contributed by atoms with Crippen molar-refractivity contribution in [2.45, 2.75) is 32.5 Å². The molecule has 0 bridgehead atoms. The van der Waals surface area contributed by atoms with Crippen molar-refractivity contribution in [2.75, 3.05) is 20.2 Å². The van der Waals surface area contributed by atoms with Gasteiger partial charge in [-0.1, -0.05) is 29.8 Å². The van der Waals surface area contributed by atoms with Crippen molar-refractivity contribution in [3.63, 3.8) is 0 Å². The number of methoxy groups -OCH3 is 1. The van der Waals surface area contributed by atoms with Crippen LogP contribution in [0.3, 0.4) is 0 Å². The number of carbonyl (C=O) groups excluding carboxylic acids is 1. The van der Waals surface area contributed by atoms with Crippen LogP contribution in [-0.2, 0) is 11.3 Å². The first kappa shape index (κ1) is 21.3. The van der Waals surface area contributed by atoms with E-state index in [0.29, 0.717) is 17.3 Å². The largest absolute Gasteiger partial charge is 0.495 e. The molecule has 0 saturated carbocycles. The van der Waals surface area contributed by atoms with Crippen LogP contribution in [0, 0.1) is 5.82 Å². The second-order valence-electron chi connectivity index (χ2n) is 7.47. The van der Waals surface area contributed by atoms with E-state index in [1.807, 2.05) is 23.1 Å². The Morgan fingerprint density at radius 2 is 1.90 bits per heavy atom. The van der Waals surface area contributed by atoms with E-state index in [-0.39, 0.29) is 23.8 Å². The minimum atomic E-state index is -0.226. The zero-order chi connectivity index (χ0) is 21.0. The van der Waals surface area contributed by atoms with E-state index in [1.165, 1.54) is 12.1 Å². The topological polar surface area (TPSA) is 32.8 Å². The van der Waals surface area contributed by atoms with Gasteiger partial charge < -0.3 is 9.64 Å². The summed E-state index contributed by atoms with van der Waals surface area (Å²) in [4.78, 5) is 17.0. The molecule has 1 aliphatic heterocycles. The highest BCUT2D eigenvalue weighted by Crippen LogP contribution is 2.26. The molecule has 0 N–H and O–H groups in total. The van der Waals surface area contributed by atoms with Crippen LogP contribution in [-0.4, -0.2) is 48.0 Å². The number of ether oxygens (including phenoxy) is 1. The predicted molar refractivity (Wildman–Crippen MR) is 114 cm³/mol. The second kappa shape index (κ2) is 9.42. The summed E-state index contributed by atoms with van der Waals surface area (Å²) in [6.07, 6.45) is 3.38. The third-order valence-corrected chi connectivity index (χ3v) is 5.60. The van der Waals surface area contributed by atoms with Gasteiger partial charge in [0.15, 0.2) is 0 Å². The molecule has 0 spiro atoms. The van der Waals surface area contributed by atoms with E-state index < -0.39 is 0 Å². The molecule has 2 aromatic rings. The first-order valence-electron chi connectivity index (χ1n) is 9.68. The Labute approximate surface area is 176 Å². The maximum absolute atomic E-state index is 13.1. The lowest BCUT2D eigenvalue weighted by molar-refractivity contribution is -0.131. The average molecular weight is 417 g/mol.